The molecular weight excluding hydrogens is 352 g/mol. The molecule has 0 bridgehead atoms. The van der Waals surface area contributed by atoms with Gasteiger partial charge in [0.2, 0.25) is 0 Å². The topological polar surface area (TPSA) is 79.0 Å². The molecule has 3 N–H and O–H groups in total. The molecule has 1 fully saturated rings. The Kier molecular flexibility index (Phi) is 4.88. The van der Waals surface area contributed by atoms with E-state index in [2.05, 4.69) is 32.7 Å². The minimum atomic E-state index is -0.417. The zero-order valence-electron chi connectivity index (χ0n) is 16.1. The monoisotopic (exact) mass is 376 g/mol. The van der Waals surface area contributed by atoms with Gasteiger partial charge in [0.15, 0.2) is 0 Å². The Bertz CT molecular complexity index is 975. The highest BCUT2D eigenvalue weighted by Crippen LogP contribution is 2.29. The first-order valence-electron chi connectivity index (χ1n) is 9.41. The van der Waals surface area contributed by atoms with E-state index < -0.39 is 5.54 Å². The van der Waals surface area contributed by atoms with Crippen LogP contribution >= 0.6 is 0 Å². The van der Waals surface area contributed by atoms with Crippen LogP contribution in [0.15, 0.2) is 54.6 Å². The van der Waals surface area contributed by atoms with Crippen molar-refractivity contribution in [3.8, 4) is 17.1 Å². The number of hydrogen-bond acceptors (Lipinski definition) is 4. The molecule has 6 heteroatoms. The lowest BCUT2D eigenvalue weighted by Gasteiger charge is -2.30. The van der Waals surface area contributed by atoms with Crippen LogP contribution in [-0.4, -0.2) is 36.1 Å². The van der Waals surface area contributed by atoms with E-state index in [1.165, 1.54) is 0 Å². The summed E-state index contributed by atoms with van der Waals surface area (Å²) in [5.74, 6) is 1.23. The lowest BCUT2D eigenvalue weighted by atomic mass is 9.88. The van der Waals surface area contributed by atoms with Crippen LogP contribution in [0, 0.1) is 6.92 Å². The van der Waals surface area contributed by atoms with Crippen molar-refractivity contribution in [1.29, 1.82) is 0 Å². The van der Waals surface area contributed by atoms with Crippen LogP contribution in [0.5, 0.6) is 5.75 Å². The first-order chi connectivity index (χ1) is 13.6. The van der Waals surface area contributed by atoms with Crippen LogP contribution < -0.4 is 15.4 Å². The van der Waals surface area contributed by atoms with Gasteiger partial charge in [-0.25, -0.2) is 4.98 Å². The molecule has 1 amide bonds. The van der Waals surface area contributed by atoms with E-state index >= 15 is 0 Å². The molecule has 0 aliphatic carbocycles. The summed E-state index contributed by atoms with van der Waals surface area (Å²) in [5.41, 5.74) is 2.72. The number of aryl methyl sites for hydroxylation is 1. The first kappa shape index (κ1) is 18.3. The van der Waals surface area contributed by atoms with Crippen molar-refractivity contribution in [2.45, 2.75) is 18.9 Å². The number of nitrogens with zero attached hydrogens (tertiary/aromatic N) is 1. The third kappa shape index (κ3) is 3.39. The molecule has 0 saturated carbocycles. The van der Waals surface area contributed by atoms with Crippen LogP contribution in [0.3, 0.4) is 0 Å². The number of aromatic nitrogens is 2. The van der Waals surface area contributed by atoms with Crippen LogP contribution in [0.2, 0.25) is 0 Å². The first-order valence-corrected chi connectivity index (χ1v) is 9.41. The summed E-state index contributed by atoms with van der Waals surface area (Å²) in [5, 5.41) is 6.61. The van der Waals surface area contributed by atoms with Crippen LogP contribution in [0.4, 0.5) is 0 Å². The summed E-state index contributed by atoms with van der Waals surface area (Å²) < 4.78 is 5.28. The molecule has 2 aromatic carbocycles. The predicted molar refractivity (Wildman–Crippen MR) is 108 cm³/mol. The fourth-order valence-corrected chi connectivity index (χ4v) is 3.74. The zero-order valence-corrected chi connectivity index (χ0v) is 16.1. The van der Waals surface area contributed by atoms with Gasteiger partial charge in [-0.1, -0.05) is 42.5 Å². The van der Waals surface area contributed by atoms with Gasteiger partial charge in [-0.05, 0) is 37.6 Å². The second kappa shape index (κ2) is 7.48. The lowest BCUT2D eigenvalue weighted by Crippen LogP contribution is -2.47. The molecule has 1 aromatic heterocycles. The minimum absolute atomic E-state index is 0.171. The number of H-pyrrole nitrogens is 1. The van der Waals surface area contributed by atoms with E-state index in [1.54, 1.807) is 7.11 Å². The normalized spacial score (nSPS) is 18.8. The number of nitrogens with one attached hydrogen (secondary N) is 3. The number of methoxy groups -OCH3 is 1. The molecule has 4 rings (SSSR count). The number of carbonyl (C=O) groups is 1. The van der Waals surface area contributed by atoms with E-state index in [0.717, 1.165) is 35.5 Å². The van der Waals surface area contributed by atoms with Gasteiger partial charge in [-0.2, -0.15) is 0 Å². The van der Waals surface area contributed by atoms with Gasteiger partial charge in [0.05, 0.1) is 12.6 Å². The molecule has 28 heavy (non-hydrogen) atoms. The second-order valence-corrected chi connectivity index (χ2v) is 7.12. The molecule has 0 spiro atoms. The van der Waals surface area contributed by atoms with E-state index in [9.17, 15) is 4.79 Å². The third-order valence-electron chi connectivity index (χ3n) is 5.28. The quantitative estimate of drug-likeness (QED) is 0.640. The van der Waals surface area contributed by atoms with Gasteiger partial charge in [0.25, 0.3) is 5.91 Å². The summed E-state index contributed by atoms with van der Waals surface area (Å²) >= 11 is 0. The summed E-state index contributed by atoms with van der Waals surface area (Å²) in [7, 11) is 1.63. The number of hydrogen-bond donors (Lipinski definition) is 3. The summed E-state index contributed by atoms with van der Waals surface area (Å²) in [6.07, 6.45) is 0.842. The molecule has 1 aliphatic rings. The number of aromatic amines is 1. The predicted octanol–water partition coefficient (Wildman–Crippen LogP) is 3.01. The van der Waals surface area contributed by atoms with Gasteiger partial charge in [0.1, 0.15) is 17.3 Å². The van der Waals surface area contributed by atoms with Gasteiger partial charge in [-0.3, -0.25) is 4.79 Å². The fraction of sp³-hybridized carbons (Fsp3) is 0.273. The Balaban J connectivity index is 1.62. The van der Waals surface area contributed by atoms with Crippen molar-refractivity contribution in [3.05, 3.63) is 71.5 Å². The molecule has 6 nitrogen and oxygen atoms in total. The molecule has 144 valence electrons. The molecule has 0 radical (unpaired) electrons. The maximum Gasteiger partial charge on any atom is 0.272 e. The number of imidazole rings is 1. The van der Waals surface area contributed by atoms with Gasteiger partial charge >= 0.3 is 0 Å². The maximum atomic E-state index is 13.1. The fourth-order valence-electron chi connectivity index (χ4n) is 3.74. The molecule has 1 unspecified atom stereocenters. The van der Waals surface area contributed by atoms with Crippen molar-refractivity contribution in [2.24, 2.45) is 0 Å². The Morgan fingerprint density at radius 3 is 2.71 bits per heavy atom. The minimum Gasteiger partial charge on any atom is -0.497 e. The average molecular weight is 376 g/mol. The Labute approximate surface area is 164 Å². The molecule has 1 atom stereocenters. The van der Waals surface area contributed by atoms with Crippen LogP contribution in [0.1, 0.15) is 28.2 Å². The molecule has 1 aliphatic heterocycles. The Morgan fingerprint density at radius 1 is 1.18 bits per heavy atom. The molecule has 1 saturated heterocycles. The SMILES string of the molecule is COc1cccc(-c2nc(C(=O)NC3(c4ccccc4)CCNC3)c(C)[nH]2)c1. The summed E-state index contributed by atoms with van der Waals surface area (Å²) in [6, 6.07) is 17.7. The number of benzene rings is 2. The van der Waals surface area contributed by atoms with E-state index in [4.69, 9.17) is 4.74 Å². The zero-order chi connectivity index (χ0) is 19.6. The second-order valence-electron chi connectivity index (χ2n) is 7.12. The maximum absolute atomic E-state index is 13.1. The number of ether oxygens (including phenoxy) is 1. The van der Waals surface area contributed by atoms with Crippen molar-refractivity contribution < 1.29 is 9.53 Å². The Morgan fingerprint density at radius 2 is 2.00 bits per heavy atom. The van der Waals surface area contributed by atoms with Gasteiger partial charge in [-0.15, -0.1) is 0 Å². The van der Waals surface area contributed by atoms with Crippen LogP contribution in [-0.2, 0) is 5.54 Å². The number of rotatable bonds is 5. The lowest BCUT2D eigenvalue weighted by molar-refractivity contribution is 0.0899. The Hall–Kier alpha value is -3.12. The van der Waals surface area contributed by atoms with E-state index in [1.807, 2.05) is 49.4 Å². The highest BCUT2D eigenvalue weighted by atomic mass is 16.5. The highest BCUT2D eigenvalue weighted by molar-refractivity contribution is 5.94. The van der Waals surface area contributed by atoms with Crippen molar-refractivity contribution >= 4 is 5.91 Å². The average Bonchev–Trinajstić information content (AvgIpc) is 3.36. The van der Waals surface area contributed by atoms with E-state index in [0.29, 0.717) is 18.1 Å². The van der Waals surface area contributed by atoms with Crippen molar-refractivity contribution in [2.75, 3.05) is 20.2 Å². The largest absolute Gasteiger partial charge is 0.497 e. The number of amides is 1. The summed E-state index contributed by atoms with van der Waals surface area (Å²) in [4.78, 5) is 20.9. The van der Waals surface area contributed by atoms with Gasteiger partial charge in [0, 0.05) is 17.8 Å². The van der Waals surface area contributed by atoms with Crippen molar-refractivity contribution in [3.63, 3.8) is 0 Å². The standard InChI is InChI=1S/C22H24N4O2/c1-15-19(25-20(24-15)16-7-6-10-18(13-16)28-2)21(27)26-22(11-12-23-14-22)17-8-4-3-5-9-17/h3-10,13,23H,11-12,14H2,1-2H3,(H,24,25)(H,26,27). The van der Waals surface area contributed by atoms with Crippen LogP contribution in [0.25, 0.3) is 11.4 Å². The summed E-state index contributed by atoms with van der Waals surface area (Å²) in [6.45, 7) is 3.44. The molecule has 3 aromatic rings. The smallest absolute Gasteiger partial charge is 0.272 e. The highest BCUT2D eigenvalue weighted by Gasteiger charge is 2.37. The molecule has 2 heterocycles. The molecular formula is C22H24N4O2. The van der Waals surface area contributed by atoms with E-state index in [-0.39, 0.29) is 5.91 Å². The van der Waals surface area contributed by atoms with Crippen molar-refractivity contribution in [1.82, 2.24) is 20.6 Å². The van der Waals surface area contributed by atoms with Gasteiger partial charge < -0.3 is 20.4 Å². The third-order valence-corrected chi connectivity index (χ3v) is 5.28. The number of carbonyl (C=O) groups excluding carboxylic acids is 1.